The quantitative estimate of drug-likeness (QED) is 0.639. The number of hydrogen-bond acceptors (Lipinski definition) is 3. The second-order valence-electron chi connectivity index (χ2n) is 5.26. The molecule has 0 atom stereocenters. The Balaban J connectivity index is 1.74. The predicted molar refractivity (Wildman–Crippen MR) is 89.3 cm³/mol. The highest BCUT2D eigenvalue weighted by Gasteiger charge is 2.12. The van der Waals surface area contributed by atoms with Crippen LogP contribution in [0.25, 0.3) is 6.08 Å². The van der Waals surface area contributed by atoms with Crippen molar-refractivity contribution >= 4 is 17.5 Å². The minimum Gasteiger partial charge on any atom is -0.378 e. The van der Waals surface area contributed by atoms with Crippen molar-refractivity contribution in [2.24, 2.45) is 0 Å². The number of allylic oxidation sites excluding steroid dienone is 1. The molecule has 0 bridgehead atoms. The van der Waals surface area contributed by atoms with Crippen LogP contribution in [0.3, 0.4) is 0 Å². The molecule has 0 N–H and O–H groups in total. The largest absolute Gasteiger partial charge is 0.378 e. The molecule has 112 valence electrons. The van der Waals surface area contributed by atoms with Crippen molar-refractivity contribution < 1.29 is 9.53 Å². The molecular weight excluding hydrogens is 274 g/mol. The van der Waals surface area contributed by atoms with E-state index in [0.29, 0.717) is 0 Å². The molecule has 0 saturated carbocycles. The highest BCUT2D eigenvalue weighted by Crippen LogP contribution is 2.18. The molecule has 1 aliphatic rings. The lowest BCUT2D eigenvalue weighted by atomic mass is 10.1. The van der Waals surface area contributed by atoms with Gasteiger partial charge in [0.15, 0.2) is 5.78 Å². The van der Waals surface area contributed by atoms with Crippen LogP contribution in [0.15, 0.2) is 60.7 Å². The number of ether oxygens (including phenoxy) is 1. The van der Waals surface area contributed by atoms with Gasteiger partial charge in [0.2, 0.25) is 0 Å². The molecule has 1 heterocycles. The van der Waals surface area contributed by atoms with Gasteiger partial charge in [0.25, 0.3) is 0 Å². The topological polar surface area (TPSA) is 29.5 Å². The van der Waals surface area contributed by atoms with Gasteiger partial charge in [-0.2, -0.15) is 0 Å². The van der Waals surface area contributed by atoms with Crippen molar-refractivity contribution in [3.63, 3.8) is 0 Å². The van der Waals surface area contributed by atoms with Gasteiger partial charge < -0.3 is 9.64 Å². The third-order valence-corrected chi connectivity index (χ3v) is 3.73. The first-order valence-corrected chi connectivity index (χ1v) is 7.53. The number of carbonyl (C=O) groups excluding carboxylic acids is 1. The number of hydrogen-bond donors (Lipinski definition) is 0. The molecule has 0 radical (unpaired) electrons. The molecule has 3 heteroatoms. The lowest BCUT2D eigenvalue weighted by Crippen LogP contribution is -2.36. The Labute approximate surface area is 130 Å². The first-order chi connectivity index (χ1) is 10.8. The fourth-order valence-electron chi connectivity index (χ4n) is 2.51. The summed E-state index contributed by atoms with van der Waals surface area (Å²) in [4.78, 5) is 14.6. The number of anilines is 1. The van der Waals surface area contributed by atoms with Crippen LogP contribution in [0.4, 0.5) is 5.69 Å². The van der Waals surface area contributed by atoms with E-state index in [1.807, 2.05) is 60.7 Å². The van der Waals surface area contributed by atoms with E-state index in [-0.39, 0.29) is 5.78 Å². The van der Waals surface area contributed by atoms with Gasteiger partial charge in [-0.3, -0.25) is 4.79 Å². The van der Waals surface area contributed by atoms with Crippen molar-refractivity contribution in [3.05, 3.63) is 71.8 Å². The van der Waals surface area contributed by atoms with Crippen molar-refractivity contribution in [1.29, 1.82) is 0 Å². The van der Waals surface area contributed by atoms with Crippen LogP contribution >= 0.6 is 0 Å². The van der Waals surface area contributed by atoms with Gasteiger partial charge in [-0.05, 0) is 23.8 Å². The average molecular weight is 293 g/mol. The van der Waals surface area contributed by atoms with Crippen molar-refractivity contribution in [1.82, 2.24) is 0 Å². The fourth-order valence-corrected chi connectivity index (χ4v) is 2.51. The van der Waals surface area contributed by atoms with E-state index in [2.05, 4.69) is 4.90 Å². The zero-order chi connectivity index (χ0) is 15.2. The van der Waals surface area contributed by atoms with E-state index in [1.54, 1.807) is 6.08 Å². The molecule has 0 unspecified atom stereocenters. The van der Waals surface area contributed by atoms with Crippen LogP contribution in [0.1, 0.15) is 15.9 Å². The summed E-state index contributed by atoms with van der Waals surface area (Å²) in [5.41, 5.74) is 2.83. The maximum Gasteiger partial charge on any atom is 0.185 e. The smallest absolute Gasteiger partial charge is 0.185 e. The van der Waals surface area contributed by atoms with E-state index in [0.717, 1.165) is 43.1 Å². The first-order valence-electron chi connectivity index (χ1n) is 7.53. The Hall–Kier alpha value is -2.39. The molecule has 2 aromatic carbocycles. The Morgan fingerprint density at radius 2 is 1.77 bits per heavy atom. The van der Waals surface area contributed by atoms with Crippen LogP contribution < -0.4 is 4.90 Å². The predicted octanol–water partition coefficient (Wildman–Crippen LogP) is 3.42. The molecule has 0 aromatic heterocycles. The van der Waals surface area contributed by atoms with Crippen LogP contribution in [0.5, 0.6) is 0 Å². The summed E-state index contributed by atoms with van der Waals surface area (Å²) >= 11 is 0. The van der Waals surface area contributed by atoms with E-state index in [1.165, 1.54) is 0 Å². The first kappa shape index (κ1) is 14.5. The SMILES string of the molecule is O=C(/C=C/c1ccccc1)c1cccc(N2CCOCC2)c1. The molecule has 0 spiro atoms. The lowest BCUT2D eigenvalue weighted by molar-refractivity contribution is 0.104. The van der Waals surface area contributed by atoms with E-state index < -0.39 is 0 Å². The van der Waals surface area contributed by atoms with Gasteiger partial charge in [-0.1, -0.05) is 48.5 Å². The number of benzene rings is 2. The summed E-state index contributed by atoms with van der Waals surface area (Å²) < 4.78 is 5.37. The summed E-state index contributed by atoms with van der Waals surface area (Å²) in [7, 11) is 0. The monoisotopic (exact) mass is 293 g/mol. The molecule has 3 nitrogen and oxygen atoms in total. The summed E-state index contributed by atoms with van der Waals surface area (Å²) in [6, 6.07) is 17.7. The minimum atomic E-state index is 0.0268. The summed E-state index contributed by atoms with van der Waals surface area (Å²) in [6.45, 7) is 3.23. The minimum absolute atomic E-state index is 0.0268. The third-order valence-electron chi connectivity index (χ3n) is 3.73. The highest BCUT2D eigenvalue weighted by molar-refractivity contribution is 6.07. The second kappa shape index (κ2) is 7.05. The van der Waals surface area contributed by atoms with Crippen LogP contribution in [0, 0.1) is 0 Å². The van der Waals surface area contributed by atoms with Crippen molar-refractivity contribution in [2.75, 3.05) is 31.2 Å². The third kappa shape index (κ3) is 3.62. The van der Waals surface area contributed by atoms with Gasteiger partial charge >= 0.3 is 0 Å². The van der Waals surface area contributed by atoms with Gasteiger partial charge in [-0.25, -0.2) is 0 Å². The molecule has 3 rings (SSSR count). The van der Waals surface area contributed by atoms with E-state index in [4.69, 9.17) is 4.74 Å². The number of carbonyl (C=O) groups is 1. The molecule has 0 amide bonds. The van der Waals surface area contributed by atoms with Gasteiger partial charge in [-0.15, -0.1) is 0 Å². The Morgan fingerprint density at radius 1 is 1.00 bits per heavy atom. The molecule has 0 aliphatic carbocycles. The van der Waals surface area contributed by atoms with Crippen LogP contribution in [-0.4, -0.2) is 32.1 Å². The molecule has 1 aliphatic heterocycles. The maximum atomic E-state index is 12.3. The zero-order valence-corrected chi connectivity index (χ0v) is 12.4. The van der Waals surface area contributed by atoms with Crippen molar-refractivity contribution in [3.8, 4) is 0 Å². The normalized spacial score (nSPS) is 15.2. The van der Waals surface area contributed by atoms with Gasteiger partial charge in [0.05, 0.1) is 13.2 Å². The second-order valence-corrected chi connectivity index (χ2v) is 5.26. The molecule has 1 saturated heterocycles. The Morgan fingerprint density at radius 3 is 2.55 bits per heavy atom. The number of rotatable bonds is 4. The van der Waals surface area contributed by atoms with E-state index in [9.17, 15) is 4.79 Å². The van der Waals surface area contributed by atoms with Crippen LogP contribution in [-0.2, 0) is 4.74 Å². The molecule has 2 aromatic rings. The Bertz CT molecular complexity index is 658. The maximum absolute atomic E-state index is 12.3. The van der Waals surface area contributed by atoms with Crippen molar-refractivity contribution in [2.45, 2.75) is 0 Å². The zero-order valence-electron chi connectivity index (χ0n) is 12.4. The standard InChI is InChI=1S/C19H19NO2/c21-19(10-9-16-5-2-1-3-6-16)17-7-4-8-18(15-17)20-11-13-22-14-12-20/h1-10,15H,11-14H2/b10-9+. The summed E-state index contributed by atoms with van der Waals surface area (Å²) in [6.07, 6.45) is 3.48. The van der Waals surface area contributed by atoms with E-state index >= 15 is 0 Å². The molecule has 22 heavy (non-hydrogen) atoms. The molecule has 1 fully saturated rings. The number of nitrogens with zero attached hydrogens (tertiary/aromatic N) is 1. The lowest BCUT2D eigenvalue weighted by Gasteiger charge is -2.29. The van der Waals surface area contributed by atoms with Gasteiger partial charge in [0, 0.05) is 24.3 Å². The number of ketones is 1. The average Bonchev–Trinajstić information content (AvgIpc) is 2.61. The summed E-state index contributed by atoms with van der Waals surface area (Å²) in [5, 5.41) is 0. The van der Waals surface area contributed by atoms with Gasteiger partial charge in [0.1, 0.15) is 0 Å². The highest BCUT2D eigenvalue weighted by atomic mass is 16.5. The van der Waals surface area contributed by atoms with Crippen LogP contribution in [0.2, 0.25) is 0 Å². The molecular formula is C19H19NO2. The fraction of sp³-hybridized carbons (Fsp3) is 0.211. The number of morpholine rings is 1. The summed E-state index contributed by atoms with van der Waals surface area (Å²) in [5.74, 6) is 0.0268. The Kier molecular flexibility index (Phi) is 4.66.